The summed E-state index contributed by atoms with van der Waals surface area (Å²) in [5, 5.41) is 3.45. The molecule has 0 aromatic heterocycles. The third kappa shape index (κ3) is 5.32. The van der Waals surface area contributed by atoms with Crippen LogP contribution < -0.4 is 5.32 Å². The maximum absolute atomic E-state index is 12.1. The molecule has 0 saturated heterocycles. The Morgan fingerprint density at radius 3 is 2.44 bits per heavy atom. The summed E-state index contributed by atoms with van der Waals surface area (Å²) in [5.74, 6) is 0.769. The Kier molecular flexibility index (Phi) is 7.21. The molecule has 0 aliphatic heterocycles. The first-order valence-corrected chi connectivity index (χ1v) is 8.17. The van der Waals surface area contributed by atoms with Crippen molar-refractivity contribution in [2.24, 2.45) is 0 Å². The van der Waals surface area contributed by atoms with Crippen molar-refractivity contribution < 1.29 is 4.21 Å². The Bertz CT molecular complexity index is 361. The number of rotatable bonds is 8. The third-order valence-corrected chi connectivity index (χ3v) is 4.61. The molecule has 2 nitrogen and oxygen atoms in total. The number of aryl methyl sites for hydroxylation is 1. The van der Waals surface area contributed by atoms with E-state index in [-0.39, 0.29) is 0 Å². The van der Waals surface area contributed by atoms with E-state index in [1.165, 1.54) is 5.56 Å². The first-order valence-electron chi connectivity index (χ1n) is 6.85. The molecule has 18 heavy (non-hydrogen) atoms. The topological polar surface area (TPSA) is 29.1 Å². The molecule has 0 heterocycles. The van der Waals surface area contributed by atoms with Crippen LogP contribution in [0.25, 0.3) is 0 Å². The molecule has 3 heteroatoms. The van der Waals surface area contributed by atoms with Crippen molar-refractivity contribution in [2.45, 2.75) is 51.0 Å². The molecule has 1 N–H and O–H groups in total. The van der Waals surface area contributed by atoms with Gasteiger partial charge in [0.05, 0.1) is 10.8 Å². The van der Waals surface area contributed by atoms with Crippen molar-refractivity contribution in [3.05, 3.63) is 29.8 Å². The minimum atomic E-state index is -0.842. The number of benzene rings is 1. The molecule has 0 saturated carbocycles. The van der Waals surface area contributed by atoms with Gasteiger partial charge in [0, 0.05) is 16.7 Å². The predicted octanol–water partition coefficient (Wildman–Crippen LogP) is 3.27. The minimum absolute atomic E-state index is 0.574. The lowest BCUT2D eigenvalue weighted by molar-refractivity contribution is 0.476. The van der Waals surface area contributed by atoms with Crippen LogP contribution in [0.3, 0.4) is 0 Å². The average molecular weight is 267 g/mol. The number of nitrogens with one attached hydrogen (secondary N) is 1. The van der Waals surface area contributed by atoms with Gasteiger partial charge in [0.1, 0.15) is 0 Å². The second-order valence-electron chi connectivity index (χ2n) is 4.67. The zero-order chi connectivity index (χ0) is 13.4. The summed E-state index contributed by atoms with van der Waals surface area (Å²) in [5.41, 5.74) is 1.22. The van der Waals surface area contributed by atoms with Crippen LogP contribution in [0.15, 0.2) is 29.2 Å². The second kappa shape index (κ2) is 8.44. The van der Waals surface area contributed by atoms with Crippen molar-refractivity contribution in [1.29, 1.82) is 0 Å². The van der Waals surface area contributed by atoms with E-state index in [0.717, 1.165) is 36.5 Å². The normalized spacial score (nSPS) is 14.4. The Balaban J connectivity index is 2.35. The standard InChI is InChI=1S/C15H25NOS/c1-4-14(16-5-2)7-6-12-18(17)15-10-8-13(3)9-11-15/h8-11,14,16H,4-7,12H2,1-3H3. The first kappa shape index (κ1) is 15.4. The minimum Gasteiger partial charge on any atom is -0.314 e. The average Bonchev–Trinajstić information content (AvgIpc) is 2.38. The SMILES string of the molecule is CCNC(CC)CCCS(=O)c1ccc(C)cc1. The molecule has 0 radical (unpaired) electrons. The Morgan fingerprint density at radius 1 is 1.22 bits per heavy atom. The summed E-state index contributed by atoms with van der Waals surface area (Å²) in [7, 11) is -0.842. The van der Waals surface area contributed by atoms with E-state index in [2.05, 4.69) is 26.1 Å². The van der Waals surface area contributed by atoms with Crippen LogP contribution in [0.2, 0.25) is 0 Å². The maximum Gasteiger partial charge on any atom is 0.0529 e. The van der Waals surface area contributed by atoms with Gasteiger partial charge in [-0.3, -0.25) is 4.21 Å². The van der Waals surface area contributed by atoms with Crippen molar-refractivity contribution in [3.63, 3.8) is 0 Å². The number of hydrogen-bond acceptors (Lipinski definition) is 2. The zero-order valence-electron chi connectivity index (χ0n) is 11.7. The van der Waals surface area contributed by atoms with Gasteiger partial charge in [0.15, 0.2) is 0 Å². The quantitative estimate of drug-likeness (QED) is 0.783. The monoisotopic (exact) mass is 267 g/mol. The summed E-state index contributed by atoms with van der Waals surface area (Å²) >= 11 is 0. The van der Waals surface area contributed by atoms with Crippen LogP contribution in [-0.2, 0) is 10.8 Å². The molecule has 0 fully saturated rings. The molecule has 0 bridgehead atoms. The van der Waals surface area contributed by atoms with Crippen LogP contribution in [-0.4, -0.2) is 22.5 Å². The molecule has 2 unspecified atom stereocenters. The first-order chi connectivity index (χ1) is 8.67. The van der Waals surface area contributed by atoms with Gasteiger partial charge in [-0.1, -0.05) is 31.5 Å². The zero-order valence-corrected chi connectivity index (χ0v) is 12.6. The summed E-state index contributed by atoms with van der Waals surface area (Å²) < 4.78 is 12.1. The van der Waals surface area contributed by atoms with Crippen LogP contribution in [0.1, 0.15) is 38.7 Å². The highest BCUT2D eigenvalue weighted by Crippen LogP contribution is 2.11. The van der Waals surface area contributed by atoms with E-state index >= 15 is 0 Å². The molecule has 1 aromatic rings. The van der Waals surface area contributed by atoms with Gasteiger partial charge in [0.25, 0.3) is 0 Å². The summed E-state index contributed by atoms with van der Waals surface area (Å²) in [6.07, 6.45) is 3.28. The van der Waals surface area contributed by atoms with Gasteiger partial charge in [-0.2, -0.15) is 0 Å². The van der Waals surface area contributed by atoms with E-state index in [1.54, 1.807) is 0 Å². The smallest absolute Gasteiger partial charge is 0.0529 e. The van der Waals surface area contributed by atoms with Crippen molar-refractivity contribution in [3.8, 4) is 0 Å². The summed E-state index contributed by atoms with van der Waals surface area (Å²) in [4.78, 5) is 0.956. The highest BCUT2D eigenvalue weighted by Gasteiger charge is 2.07. The van der Waals surface area contributed by atoms with Gasteiger partial charge in [0.2, 0.25) is 0 Å². The van der Waals surface area contributed by atoms with E-state index in [4.69, 9.17) is 0 Å². The lowest BCUT2D eigenvalue weighted by atomic mass is 10.1. The van der Waals surface area contributed by atoms with Crippen LogP contribution in [0, 0.1) is 6.92 Å². The molecule has 0 aliphatic carbocycles. The van der Waals surface area contributed by atoms with Crippen LogP contribution in [0.4, 0.5) is 0 Å². The fraction of sp³-hybridized carbons (Fsp3) is 0.600. The van der Waals surface area contributed by atoms with E-state index in [9.17, 15) is 4.21 Å². The lowest BCUT2D eigenvalue weighted by Gasteiger charge is -2.15. The van der Waals surface area contributed by atoms with Crippen molar-refractivity contribution >= 4 is 10.8 Å². The van der Waals surface area contributed by atoms with Gasteiger partial charge in [-0.05, 0) is 44.9 Å². The molecular weight excluding hydrogens is 242 g/mol. The number of hydrogen-bond donors (Lipinski definition) is 1. The highest BCUT2D eigenvalue weighted by molar-refractivity contribution is 7.85. The van der Waals surface area contributed by atoms with Crippen molar-refractivity contribution in [1.82, 2.24) is 5.32 Å². The van der Waals surface area contributed by atoms with Crippen LogP contribution >= 0.6 is 0 Å². The molecule has 0 aliphatic rings. The van der Waals surface area contributed by atoms with Gasteiger partial charge >= 0.3 is 0 Å². The van der Waals surface area contributed by atoms with E-state index in [1.807, 2.05) is 24.3 Å². The fourth-order valence-corrected chi connectivity index (χ4v) is 3.11. The van der Waals surface area contributed by atoms with Crippen LogP contribution in [0.5, 0.6) is 0 Å². The second-order valence-corrected chi connectivity index (χ2v) is 6.24. The van der Waals surface area contributed by atoms with E-state index in [0.29, 0.717) is 6.04 Å². The highest BCUT2D eigenvalue weighted by atomic mass is 32.2. The predicted molar refractivity (Wildman–Crippen MR) is 79.4 cm³/mol. The fourth-order valence-electron chi connectivity index (χ4n) is 2.01. The molecular formula is C15H25NOS. The van der Waals surface area contributed by atoms with Gasteiger partial charge in [-0.25, -0.2) is 0 Å². The Hall–Kier alpha value is -0.670. The Labute approximate surface area is 114 Å². The maximum atomic E-state index is 12.1. The van der Waals surface area contributed by atoms with Gasteiger partial charge < -0.3 is 5.32 Å². The molecule has 2 atom stereocenters. The largest absolute Gasteiger partial charge is 0.314 e. The summed E-state index contributed by atoms with van der Waals surface area (Å²) in [6, 6.07) is 8.59. The van der Waals surface area contributed by atoms with Crippen molar-refractivity contribution in [2.75, 3.05) is 12.3 Å². The summed E-state index contributed by atoms with van der Waals surface area (Å²) in [6.45, 7) is 7.39. The molecule has 1 rings (SSSR count). The van der Waals surface area contributed by atoms with Gasteiger partial charge in [-0.15, -0.1) is 0 Å². The Morgan fingerprint density at radius 2 is 1.89 bits per heavy atom. The lowest BCUT2D eigenvalue weighted by Crippen LogP contribution is -2.28. The molecule has 0 amide bonds. The third-order valence-electron chi connectivity index (χ3n) is 3.15. The van der Waals surface area contributed by atoms with E-state index < -0.39 is 10.8 Å². The molecule has 0 spiro atoms. The molecule has 1 aromatic carbocycles. The molecule has 102 valence electrons.